The number of nitrogens with two attached hydrogens (primary N) is 1. The van der Waals surface area contributed by atoms with Crippen molar-refractivity contribution >= 4 is 11.6 Å². The van der Waals surface area contributed by atoms with Crippen LogP contribution in [0.25, 0.3) is 0 Å². The molecule has 0 bridgehead atoms. The molecule has 18 heavy (non-hydrogen) atoms. The predicted octanol–water partition coefficient (Wildman–Crippen LogP) is 3.00. The van der Waals surface area contributed by atoms with E-state index in [1.807, 2.05) is 12.1 Å². The van der Waals surface area contributed by atoms with Crippen LogP contribution < -0.4 is 15.2 Å². The zero-order valence-corrected chi connectivity index (χ0v) is 10.9. The van der Waals surface area contributed by atoms with Crippen LogP contribution in [-0.2, 0) is 0 Å². The molecule has 0 fully saturated rings. The predicted molar refractivity (Wildman–Crippen MR) is 69.3 cm³/mol. The second-order valence-electron chi connectivity index (χ2n) is 3.77. The van der Waals surface area contributed by atoms with Crippen LogP contribution in [0.3, 0.4) is 0 Å². The molecule has 2 N–H and O–H groups in total. The van der Waals surface area contributed by atoms with Gasteiger partial charge in [0.1, 0.15) is 11.5 Å². The van der Waals surface area contributed by atoms with Gasteiger partial charge in [0.2, 0.25) is 0 Å². The molecule has 1 unspecified atom stereocenters. The number of halogens is 1. The summed E-state index contributed by atoms with van der Waals surface area (Å²) in [5.74, 6) is 1.36. The molecule has 1 aromatic carbocycles. The molecule has 1 atom stereocenters. The number of furan rings is 1. The van der Waals surface area contributed by atoms with Gasteiger partial charge in [0, 0.05) is 11.6 Å². The first-order valence-electron chi connectivity index (χ1n) is 5.37. The van der Waals surface area contributed by atoms with Crippen molar-refractivity contribution in [2.24, 2.45) is 5.73 Å². The lowest BCUT2D eigenvalue weighted by molar-refractivity contribution is 0.393. The highest BCUT2D eigenvalue weighted by atomic mass is 35.5. The van der Waals surface area contributed by atoms with Crippen LogP contribution in [0, 0.1) is 0 Å². The Labute approximate surface area is 110 Å². The van der Waals surface area contributed by atoms with Crippen molar-refractivity contribution in [3.63, 3.8) is 0 Å². The minimum absolute atomic E-state index is 0.296. The first kappa shape index (κ1) is 12.8. The Morgan fingerprint density at radius 1 is 1.17 bits per heavy atom. The fourth-order valence-corrected chi connectivity index (χ4v) is 1.95. The van der Waals surface area contributed by atoms with Crippen LogP contribution in [0.15, 0.2) is 34.9 Å². The molecule has 0 aliphatic heterocycles. The molecule has 0 radical (unpaired) electrons. The van der Waals surface area contributed by atoms with Gasteiger partial charge < -0.3 is 19.6 Å². The van der Waals surface area contributed by atoms with E-state index in [1.54, 1.807) is 26.4 Å². The molecule has 0 saturated carbocycles. The standard InChI is InChI=1S/C13H14ClNO3/c1-16-9-5-8(6-10(7-9)17-2)12(15)11-3-4-18-13(11)14/h3-7,12H,15H2,1-2H3. The van der Waals surface area contributed by atoms with Gasteiger partial charge in [-0.25, -0.2) is 0 Å². The molecular weight excluding hydrogens is 254 g/mol. The van der Waals surface area contributed by atoms with Crippen LogP contribution in [0.4, 0.5) is 0 Å². The number of hydrogen-bond donors (Lipinski definition) is 1. The van der Waals surface area contributed by atoms with Gasteiger partial charge in [-0.15, -0.1) is 0 Å². The molecule has 0 spiro atoms. The largest absolute Gasteiger partial charge is 0.497 e. The minimum Gasteiger partial charge on any atom is -0.497 e. The SMILES string of the molecule is COc1cc(OC)cc(C(N)c2ccoc2Cl)c1. The second-order valence-corrected chi connectivity index (χ2v) is 4.12. The molecule has 0 amide bonds. The van der Waals surface area contributed by atoms with Crippen molar-refractivity contribution in [3.8, 4) is 11.5 Å². The van der Waals surface area contributed by atoms with Crippen LogP contribution in [0.5, 0.6) is 11.5 Å². The van der Waals surface area contributed by atoms with Crippen molar-refractivity contribution in [1.82, 2.24) is 0 Å². The van der Waals surface area contributed by atoms with Crippen LogP contribution in [-0.4, -0.2) is 14.2 Å². The number of hydrogen-bond acceptors (Lipinski definition) is 4. The van der Waals surface area contributed by atoms with Crippen molar-refractivity contribution < 1.29 is 13.9 Å². The van der Waals surface area contributed by atoms with Crippen LogP contribution in [0.2, 0.25) is 5.22 Å². The second kappa shape index (κ2) is 5.33. The first-order chi connectivity index (χ1) is 8.65. The Kier molecular flexibility index (Phi) is 3.79. The first-order valence-corrected chi connectivity index (χ1v) is 5.75. The smallest absolute Gasteiger partial charge is 0.198 e. The van der Waals surface area contributed by atoms with Crippen molar-refractivity contribution in [1.29, 1.82) is 0 Å². The van der Waals surface area contributed by atoms with E-state index in [-0.39, 0.29) is 6.04 Å². The fourth-order valence-electron chi connectivity index (χ4n) is 1.72. The lowest BCUT2D eigenvalue weighted by Crippen LogP contribution is -2.11. The quantitative estimate of drug-likeness (QED) is 0.925. The molecule has 5 heteroatoms. The minimum atomic E-state index is -0.389. The summed E-state index contributed by atoms with van der Waals surface area (Å²) in [7, 11) is 3.18. The molecule has 96 valence electrons. The highest BCUT2D eigenvalue weighted by molar-refractivity contribution is 6.29. The van der Waals surface area contributed by atoms with E-state index < -0.39 is 0 Å². The van der Waals surface area contributed by atoms with Gasteiger partial charge in [0.25, 0.3) is 0 Å². The van der Waals surface area contributed by atoms with Crippen LogP contribution >= 0.6 is 11.6 Å². The number of benzene rings is 1. The number of rotatable bonds is 4. The van der Waals surface area contributed by atoms with E-state index in [9.17, 15) is 0 Å². The summed E-state index contributed by atoms with van der Waals surface area (Å²) in [5, 5.41) is 0.296. The molecule has 0 aliphatic rings. The van der Waals surface area contributed by atoms with Crippen molar-refractivity contribution in [2.75, 3.05) is 14.2 Å². The monoisotopic (exact) mass is 267 g/mol. The van der Waals surface area contributed by atoms with Crippen LogP contribution in [0.1, 0.15) is 17.2 Å². The van der Waals surface area contributed by atoms with Crippen molar-refractivity contribution in [2.45, 2.75) is 6.04 Å². The zero-order valence-electron chi connectivity index (χ0n) is 10.1. The molecule has 0 saturated heterocycles. The highest BCUT2D eigenvalue weighted by Gasteiger charge is 2.16. The molecule has 0 aliphatic carbocycles. The average molecular weight is 268 g/mol. The summed E-state index contributed by atoms with van der Waals surface area (Å²) in [6.07, 6.45) is 1.51. The molecule has 4 nitrogen and oxygen atoms in total. The van der Waals surface area contributed by atoms with Gasteiger partial charge >= 0.3 is 0 Å². The summed E-state index contributed by atoms with van der Waals surface area (Å²) >= 11 is 5.92. The maximum Gasteiger partial charge on any atom is 0.198 e. The number of methoxy groups -OCH3 is 2. The molecule has 1 aromatic heterocycles. The maximum atomic E-state index is 6.15. The van der Waals surface area contributed by atoms with E-state index >= 15 is 0 Å². The lowest BCUT2D eigenvalue weighted by Gasteiger charge is -2.13. The van der Waals surface area contributed by atoms with E-state index in [1.165, 1.54) is 6.26 Å². The van der Waals surface area contributed by atoms with E-state index in [2.05, 4.69) is 0 Å². The van der Waals surface area contributed by atoms with Gasteiger partial charge in [-0.05, 0) is 35.4 Å². The summed E-state index contributed by atoms with van der Waals surface area (Å²) in [6.45, 7) is 0. The number of ether oxygens (including phenoxy) is 2. The summed E-state index contributed by atoms with van der Waals surface area (Å²) < 4.78 is 15.4. The maximum absolute atomic E-state index is 6.15. The third-order valence-corrected chi connectivity index (χ3v) is 3.02. The lowest BCUT2D eigenvalue weighted by atomic mass is 10.0. The van der Waals surface area contributed by atoms with E-state index in [0.29, 0.717) is 16.7 Å². The average Bonchev–Trinajstić information content (AvgIpc) is 2.83. The Morgan fingerprint density at radius 3 is 2.22 bits per heavy atom. The van der Waals surface area contributed by atoms with E-state index in [4.69, 9.17) is 31.2 Å². The Bertz CT molecular complexity index is 517. The Morgan fingerprint density at radius 2 is 1.78 bits per heavy atom. The summed E-state index contributed by atoms with van der Waals surface area (Å²) in [5.41, 5.74) is 7.72. The molecule has 2 rings (SSSR count). The Hall–Kier alpha value is -1.65. The summed E-state index contributed by atoms with van der Waals surface area (Å²) in [6, 6.07) is 6.83. The summed E-state index contributed by atoms with van der Waals surface area (Å²) in [4.78, 5) is 0. The molecular formula is C13H14ClNO3. The third-order valence-electron chi connectivity index (χ3n) is 2.71. The van der Waals surface area contributed by atoms with Crippen molar-refractivity contribution in [3.05, 3.63) is 46.9 Å². The van der Waals surface area contributed by atoms with Gasteiger partial charge in [0.05, 0.1) is 26.5 Å². The normalized spacial score (nSPS) is 12.2. The fraction of sp³-hybridized carbons (Fsp3) is 0.231. The highest BCUT2D eigenvalue weighted by Crippen LogP contribution is 2.31. The van der Waals surface area contributed by atoms with Gasteiger partial charge in [-0.2, -0.15) is 0 Å². The third kappa shape index (κ3) is 2.44. The Balaban J connectivity index is 2.41. The molecule has 1 heterocycles. The zero-order chi connectivity index (χ0) is 13.1. The van der Waals surface area contributed by atoms with Gasteiger partial charge in [-0.3, -0.25) is 0 Å². The van der Waals surface area contributed by atoms with Gasteiger partial charge in [-0.1, -0.05) is 0 Å². The van der Waals surface area contributed by atoms with E-state index in [0.717, 1.165) is 11.1 Å². The molecule has 2 aromatic rings. The van der Waals surface area contributed by atoms with Gasteiger partial charge in [0.15, 0.2) is 5.22 Å². The topological polar surface area (TPSA) is 57.6 Å².